The Morgan fingerprint density at radius 3 is 2.61 bits per heavy atom. The second-order valence-corrected chi connectivity index (χ2v) is 8.95. The third-order valence-electron chi connectivity index (χ3n) is 5.25. The number of hydrogen-bond donors (Lipinski definition) is 1. The van der Waals surface area contributed by atoms with Crippen molar-refractivity contribution in [3.63, 3.8) is 0 Å². The number of benzene rings is 3. The number of amides is 1. The number of hydrogen-bond acceptors (Lipinski definition) is 4. The average molecular weight is 440 g/mol. The fourth-order valence-electron chi connectivity index (χ4n) is 3.62. The quantitative estimate of drug-likeness (QED) is 0.637. The second-order valence-electron chi connectivity index (χ2n) is 7.09. The number of ether oxygens (including phenoxy) is 1. The highest BCUT2D eigenvalue weighted by atomic mass is 32.2. The number of halogens is 1. The van der Waals surface area contributed by atoms with Gasteiger partial charge in [0.1, 0.15) is 11.6 Å². The van der Waals surface area contributed by atoms with Crippen LogP contribution in [0.25, 0.3) is 0 Å². The summed E-state index contributed by atoms with van der Waals surface area (Å²) >= 11 is 0. The summed E-state index contributed by atoms with van der Waals surface area (Å²) in [7, 11) is -2.47. The van der Waals surface area contributed by atoms with Gasteiger partial charge in [0.05, 0.1) is 23.3 Å². The van der Waals surface area contributed by atoms with E-state index in [-0.39, 0.29) is 22.8 Å². The number of rotatable bonds is 6. The highest BCUT2D eigenvalue weighted by Crippen LogP contribution is 2.33. The maximum Gasteiger partial charge on any atom is 0.264 e. The fourth-order valence-corrected chi connectivity index (χ4v) is 5.15. The molecule has 8 heteroatoms. The molecule has 0 fully saturated rings. The van der Waals surface area contributed by atoms with Gasteiger partial charge in [-0.05, 0) is 42.3 Å². The van der Waals surface area contributed by atoms with Crippen LogP contribution in [0.2, 0.25) is 0 Å². The minimum Gasteiger partial charge on any atom is -0.496 e. The Kier molecular flexibility index (Phi) is 5.65. The van der Waals surface area contributed by atoms with E-state index in [1.165, 1.54) is 35.7 Å². The number of nitrogens with zero attached hydrogens (tertiary/aromatic N) is 1. The molecule has 160 valence electrons. The van der Waals surface area contributed by atoms with Gasteiger partial charge in [-0.25, -0.2) is 12.8 Å². The molecule has 0 saturated carbocycles. The lowest BCUT2D eigenvalue weighted by Gasteiger charge is -2.20. The van der Waals surface area contributed by atoms with Crippen LogP contribution < -0.4 is 14.4 Å². The molecule has 3 aromatic carbocycles. The standard InChI is InChI=1S/C23H21FN2O4S/c1-30-22-11-10-18(31(28,29)26-13-12-16-6-3-5-9-21(16)26)14-19(22)23(27)25-15-17-7-2-4-8-20(17)24/h2-11,14H,12-13,15H2,1H3,(H,25,27). The number of sulfonamides is 1. The molecule has 0 aliphatic carbocycles. The van der Waals surface area contributed by atoms with Gasteiger partial charge in [0.2, 0.25) is 0 Å². The van der Waals surface area contributed by atoms with Gasteiger partial charge in [-0.15, -0.1) is 0 Å². The first-order valence-electron chi connectivity index (χ1n) is 9.72. The lowest BCUT2D eigenvalue weighted by atomic mass is 10.1. The molecular weight excluding hydrogens is 419 g/mol. The zero-order valence-electron chi connectivity index (χ0n) is 16.8. The van der Waals surface area contributed by atoms with Gasteiger partial charge in [-0.3, -0.25) is 9.10 Å². The highest BCUT2D eigenvalue weighted by Gasteiger charge is 2.31. The van der Waals surface area contributed by atoms with E-state index in [0.29, 0.717) is 24.2 Å². The summed E-state index contributed by atoms with van der Waals surface area (Å²) in [6.45, 7) is 0.299. The summed E-state index contributed by atoms with van der Waals surface area (Å²) in [6, 6.07) is 17.6. The normalized spacial score (nSPS) is 13.0. The SMILES string of the molecule is COc1ccc(S(=O)(=O)N2CCc3ccccc32)cc1C(=O)NCc1ccccc1F. The molecule has 0 atom stereocenters. The van der Waals surface area contributed by atoms with Gasteiger partial charge in [0, 0.05) is 18.7 Å². The number of carbonyl (C=O) groups is 1. The number of para-hydroxylation sites is 1. The Hall–Kier alpha value is -3.39. The fraction of sp³-hybridized carbons (Fsp3) is 0.174. The van der Waals surface area contributed by atoms with E-state index >= 15 is 0 Å². The van der Waals surface area contributed by atoms with Crippen LogP contribution >= 0.6 is 0 Å². The molecule has 0 saturated heterocycles. The smallest absolute Gasteiger partial charge is 0.264 e. The summed E-state index contributed by atoms with van der Waals surface area (Å²) in [5, 5.41) is 2.63. The van der Waals surface area contributed by atoms with E-state index in [4.69, 9.17) is 4.74 Å². The monoisotopic (exact) mass is 440 g/mol. The van der Waals surface area contributed by atoms with Crippen LogP contribution in [0.15, 0.2) is 71.6 Å². The molecule has 3 aromatic rings. The van der Waals surface area contributed by atoms with Gasteiger partial charge >= 0.3 is 0 Å². The number of methoxy groups -OCH3 is 1. The summed E-state index contributed by atoms with van der Waals surface area (Å²) in [5.41, 5.74) is 1.99. The molecule has 0 bridgehead atoms. The Morgan fingerprint density at radius 2 is 1.84 bits per heavy atom. The lowest BCUT2D eigenvalue weighted by molar-refractivity contribution is 0.0947. The number of anilines is 1. The third kappa shape index (κ3) is 3.98. The molecule has 1 amide bonds. The van der Waals surface area contributed by atoms with E-state index in [1.807, 2.05) is 12.1 Å². The molecule has 1 N–H and O–H groups in total. The van der Waals surface area contributed by atoms with Gasteiger partial charge in [-0.2, -0.15) is 0 Å². The zero-order valence-corrected chi connectivity index (χ0v) is 17.7. The van der Waals surface area contributed by atoms with Crippen molar-refractivity contribution in [1.82, 2.24) is 5.32 Å². The van der Waals surface area contributed by atoms with Crippen molar-refractivity contribution in [1.29, 1.82) is 0 Å². The first-order valence-corrected chi connectivity index (χ1v) is 11.2. The van der Waals surface area contributed by atoms with Crippen LogP contribution in [0.1, 0.15) is 21.5 Å². The molecule has 0 aromatic heterocycles. The average Bonchev–Trinajstić information content (AvgIpc) is 3.23. The summed E-state index contributed by atoms with van der Waals surface area (Å²) < 4.78 is 47.0. The molecule has 1 aliphatic rings. The molecule has 4 rings (SSSR count). The number of nitrogens with one attached hydrogen (secondary N) is 1. The predicted octanol–water partition coefficient (Wildman–Crippen LogP) is 3.52. The molecule has 1 aliphatic heterocycles. The Bertz CT molecular complexity index is 1240. The molecule has 6 nitrogen and oxygen atoms in total. The van der Waals surface area contributed by atoms with E-state index < -0.39 is 21.7 Å². The Morgan fingerprint density at radius 1 is 1.10 bits per heavy atom. The molecule has 31 heavy (non-hydrogen) atoms. The van der Waals surface area contributed by atoms with Crippen molar-refractivity contribution in [2.24, 2.45) is 0 Å². The van der Waals surface area contributed by atoms with Crippen molar-refractivity contribution < 1.29 is 22.3 Å². The van der Waals surface area contributed by atoms with Crippen LogP contribution in [-0.2, 0) is 23.0 Å². The van der Waals surface area contributed by atoms with Crippen molar-refractivity contribution in [3.05, 3.63) is 89.2 Å². The van der Waals surface area contributed by atoms with Crippen molar-refractivity contribution in [2.45, 2.75) is 17.9 Å². The molecule has 0 spiro atoms. The van der Waals surface area contributed by atoms with E-state index in [1.54, 1.807) is 30.3 Å². The number of fused-ring (bicyclic) bond motifs is 1. The zero-order chi connectivity index (χ0) is 22.0. The number of carbonyl (C=O) groups excluding carboxylic acids is 1. The van der Waals surface area contributed by atoms with Gasteiger partial charge < -0.3 is 10.1 Å². The van der Waals surface area contributed by atoms with Crippen LogP contribution in [0.4, 0.5) is 10.1 Å². The maximum absolute atomic E-state index is 13.8. The third-order valence-corrected chi connectivity index (χ3v) is 7.05. The summed E-state index contributed by atoms with van der Waals surface area (Å²) in [5.74, 6) is -0.760. The van der Waals surface area contributed by atoms with Gasteiger partial charge in [0.25, 0.3) is 15.9 Å². The maximum atomic E-state index is 13.8. The first kappa shape index (κ1) is 20.9. The van der Waals surface area contributed by atoms with Crippen LogP contribution in [0.3, 0.4) is 0 Å². The van der Waals surface area contributed by atoms with Crippen molar-refractivity contribution >= 4 is 21.6 Å². The summed E-state index contributed by atoms with van der Waals surface area (Å²) in [4.78, 5) is 12.8. The van der Waals surface area contributed by atoms with E-state index in [9.17, 15) is 17.6 Å². The topological polar surface area (TPSA) is 75.7 Å². The largest absolute Gasteiger partial charge is 0.496 e. The van der Waals surface area contributed by atoms with E-state index in [0.717, 1.165) is 5.56 Å². The summed E-state index contributed by atoms with van der Waals surface area (Å²) in [6.07, 6.45) is 0.627. The van der Waals surface area contributed by atoms with Crippen LogP contribution in [0, 0.1) is 5.82 Å². The first-order chi connectivity index (χ1) is 14.9. The minimum absolute atomic E-state index is 0.0129. The molecular formula is C23H21FN2O4S. The Labute approximate surface area is 180 Å². The van der Waals surface area contributed by atoms with Crippen molar-refractivity contribution in [3.8, 4) is 5.75 Å². The second kappa shape index (κ2) is 8.39. The Balaban J connectivity index is 1.63. The van der Waals surface area contributed by atoms with E-state index in [2.05, 4.69) is 5.32 Å². The lowest BCUT2D eigenvalue weighted by Crippen LogP contribution is -2.30. The van der Waals surface area contributed by atoms with Crippen LogP contribution in [0.5, 0.6) is 5.75 Å². The molecule has 1 heterocycles. The van der Waals surface area contributed by atoms with Crippen LogP contribution in [-0.4, -0.2) is 28.0 Å². The predicted molar refractivity (Wildman–Crippen MR) is 115 cm³/mol. The molecule has 0 radical (unpaired) electrons. The van der Waals surface area contributed by atoms with Crippen molar-refractivity contribution in [2.75, 3.05) is 18.0 Å². The highest BCUT2D eigenvalue weighted by molar-refractivity contribution is 7.92. The van der Waals surface area contributed by atoms with Gasteiger partial charge in [-0.1, -0.05) is 36.4 Å². The molecule has 0 unspecified atom stereocenters. The minimum atomic E-state index is -3.87. The van der Waals surface area contributed by atoms with Gasteiger partial charge in [0.15, 0.2) is 0 Å².